The molecular formula is C12H15FN4. The minimum atomic E-state index is -0.208. The molecule has 1 unspecified atom stereocenters. The van der Waals surface area contributed by atoms with Gasteiger partial charge in [-0.2, -0.15) is 0 Å². The van der Waals surface area contributed by atoms with Gasteiger partial charge in [-0.15, -0.1) is 5.10 Å². The van der Waals surface area contributed by atoms with E-state index in [9.17, 15) is 4.39 Å². The van der Waals surface area contributed by atoms with Crippen LogP contribution in [0.4, 0.5) is 4.39 Å². The van der Waals surface area contributed by atoms with Crippen molar-refractivity contribution in [3.63, 3.8) is 0 Å². The first-order valence-electron chi connectivity index (χ1n) is 5.43. The summed E-state index contributed by atoms with van der Waals surface area (Å²) in [4.78, 5) is 0. The van der Waals surface area contributed by atoms with E-state index in [2.05, 4.69) is 10.3 Å². The molecular weight excluding hydrogens is 219 g/mol. The lowest BCUT2D eigenvalue weighted by atomic mass is 10.0. The lowest BCUT2D eigenvalue weighted by molar-refractivity contribution is 0.614. The Bertz CT molecular complexity index is 521. The maximum Gasteiger partial charge on any atom is 0.126 e. The maximum absolute atomic E-state index is 13.1. The van der Waals surface area contributed by atoms with Crippen LogP contribution in [-0.2, 0) is 13.5 Å². The smallest absolute Gasteiger partial charge is 0.126 e. The van der Waals surface area contributed by atoms with Crippen molar-refractivity contribution < 1.29 is 4.39 Å². The number of nitrogens with zero attached hydrogens (tertiary/aromatic N) is 3. The molecule has 0 aliphatic heterocycles. The Morgan fingerprint density at radius 1 is 1.47 bits per heavy atom. The van der Waals surface area contributed by atoms with Gasteiger partial charge in [0.2, 0.25) is 0 Å². The minimum absolute atomic E-state index is 0.189. The van der Waals surface area contributed by atoms with Gasteiger partial charge >= 0.3 is 0 Å². The van der Waals surface area contributed by atoms with Crippen molar-refractivity contribution in [3.8, 4) is 0 Å². The number of aromatic nitrogens is 3. The molecule has 0 aliphatic rings. The third kappa shape index (κ3) is 2.68. The van der Waals surface area contributed by atoms with E-state index in [4.69, 9.17) is 5.73 Å². The molecule has 17 heavy (non-hydrogen) atoms. The molecule has 1 aromatic carbocycles. The molecule has 1 heterocycles. The molecule has 1 atom stereocenters. The number of nitrogens with two attached hydrogens (primary N) is 1. The van der Waals surface area contributed by atoms with Crippen LogP contribution in [0.2, 0.25) is 0 Å². The molecule has 2 N–H and O–H groups in total. The van der Waals surface area contributed by atoms with E-state index in [1.165, 1.54) is 6.07 Å². The van der Waals surface area contributed by atoms with Crippen LogP contribution in [0, 0.1) is 12.7 Å². The van der Waals surface area contributed by atoms with Crippen molar-refractivity contribution >= 4 is 0 Å². The molecule has 0 amide bonds. The number of hydrogen-bond acceptors (Lipinski definition) is 3. The lowest BCUT2D eigenvalue weighted by Gasteiger charge is -2.11. The van der Waals surface area contributed by atoms with Crippen molar-refractivity contribution in [2.75, 3.05) is 0 Å². The summed E-state index contributed by atoms with van der Waals surface area (Å²) in [6.07, 6.45) is 2.43. The van der Waals surface area contributed by atoms with Crippen LogP contribution in [0.1, 0.15) is 22.9 Å². The summed E-state index contributed by atoms with van der Waals surface area (Å²) in [5, 5.41) is 7.83. The summed E-state index contributed by atoms with van der Waals surface area (Å²) in [6.45, 7) is 1.73. The van der Waals surface area contributed by atoms with Crippen LogP contribution in [0.25, 0.3) is 0 Å². The third-order valence-corrected chi connectivity index (χ3v) is 2.69. The zero-order chi connectivity index (χ0) is 12.4. The van der Waals surface area contributed by atoms with Crippen LogP contribution in [0.5, 0.6) is 0 Å². The van der Waals surface area contributed by atoms with Gasteiger partial charge < -0.3 is 5.73 Å². The molecule has 1 aromatic heterocycles. The molecule has 0 fully saturated rings. The van der Waals surface area contributed by atoms with Gasteiger partial charge in [0.25, 0.3) is 0 Å². The quantitative estimate of drug-likeness (QED) is 0.875. The molecule has 0 saturated heterocycles. The Hall–Kier alpha value is -1.75. The Morgan fingerprint density at radius 3 is 2.82 bits per heavy atom. The Morgan fingerprint density at radius 2 is 2.24 bits per heavy atom. The second-order valence-corrected chi connectivity index (χ2v) is 4.20. The number of benzene rings is 1. The fraction of sp³-hybridized carbons (Fsp3) is 0.333. The van der Waals surface area contributed by atoms with Gasteiger partial charge in [-0.05, 0) is 24.1 Å². The van der Waals surface area contributed by atoms with Crippen molar-refractivity contribution in [3.05, 3.63) is 47.0 Å². The Labute approximate surface area is 99.2 Å². The van der Waals surface area contributed by atoms with E-state index < -0.39 is 0 Å². The summed E-state index contributed by atoms with van der Waals surface area (Å²) in [6, 6.07) is 4.74. The van der Waals surface area contributed by atoms with E-state index in [0.29, 0.717) is 12.0 Å². The second-order valence-electron chi connectivity index (χ2n) is 4.20. The highest BCUT2D eigenvalue weighted by atomic mass is 19.1. The highest BCUT2D eigenvalue weighted by Crippen LogP contribution is 2.17. The van der Waals surface area contributed by atoms with Crippen LogP contribution in [-0.4, -0.2) is 15.0 Å². The summed E-state index contributed by atoms with van der Waals surface area (Å²) in [5.74, 6) is -0.208. The molecule has 2 rings (SSSR count). The topological polar surface area (TPSA) is 56.7 Å². The van der Waals surface area contributed by atoms with Gasteiger partial charge in [-0.25, -0.2) is 4.39 Å². The number of rotatable bonds is 3. The predicted molar refractivity (Wildman–Crippen MR) is 62.8 cm³/mol. The molecule has 0 aliphatic carbocycles. The van der Waals surface area contributed by atoms with Crippen LogP contribution in [0.15, 0.2) is 24.4 Å². The fourth-order valence-electron chi connectivity index (χ4n) is 1.73. The van der Waals surface area contributed by atoms with E-state index in [1.54, 1.807) is 23.7 Å². The molecule has 2 aromatic rings. The molecule has 4 nitrogen and oxygen atoms in total. The number of hydrogen-bond donors (Lipinski definition) is 1. The van der Waals surface area contributed by atoms with E-state index >= 15 is 0 Å². The first-order valence-corrected chi connectivity index (χ1v) is 5.43. The normalized spacial score (nSPS) is 12.7. The first kappa shape index (κ1) is 11.7. The van der Waals surface area contributed by atoms with E-state index in [1.807, 2.05) is 13.2 Å². The van der Waals surface area contributed by atoms with Crippen LogP contribution >= 0.6 is 0 Å². The van der Waals surface area contributed by atoms with Crippen molar-refractivity contribution in [1.29, 1.82) is 0 Å². The van der Waals surface area contributed by atoms with Crippen molar-refractivity contribution in [2.45, 2.75) is 19.4 Å². The van der Waals surface area contributed by atoms with E-state index in [0.717, 1.165) is 11.3 Å². The SMILES string of the molecule is Cc1cc(C(N)Cc2cn(C)nn2)ccc1F. The van der Waals surface area contributed by atoms with Gasteiger partial charge in [-0.1, -0.05) is 17.3 Å². The molecule has 0 bridgehead atoms. The first-order chi connectivity index (χ1) is 8.06. The maximum atomic E-state index is 13.1. The van der Waals surface area contributed by atoms with Crippen molar-refractivity contribution in [2.24, 2.45) is 12.8 Å². The monoisotopic (exact) mass is 234 g/mol. The third-order valence-electron chi connectivity index (χ3n) is 2.69. The summed E-state index contributed by atoms with van der Waals surface area (Å²) >= 11 is 0. The lowest BCUT2D eigenvalue weighted by Crippen LogP contribution is -2.14. The zero-order valence-electron chi connectivity index (χ0n) is 9.89. The molecule has 90 valence electrons. The van der Waals surface area contributed by atoms with Gasteiger partial charge in [0.15, 0.2) is 0 Å². The van der Waals surface area contributed by atoms with E-state index in [-0.39, 0.29) is 11.9 Å². The summed E-state index contributed by atoms with van der Waals surface area (Å²) < 4.78 is 14.8. The standard InChI is InChI=1S/C12H15FN4/c1-8-5-9(3-4-11(8)13)12(14)6-10-7-17(2)16-15-10/h3-5,7,12H,6,14H2,1-2H3. The van der Waals surface area contributed by atoms with Crippen molar-refractivity contribution in [1.82, 2.24) is 15.0 Å². The van der Waals surface area contributed by atoms with Gasteiger partial charge in [0.05, 0.1) is 5.69 Å². The molecule has 0 spiro atoms. The Kier molecular flexibility index (Phi) is 3.19. The minimum Gasteiger partial charge on any atom is -0.324 e. The number of aryl methyl sites for hydroxylation is 2. The van der Waals surface area contributed by atoms with Gasteiger partial charge in [-0.3, -0.25) is 4.68 Å². The highest BCUT2D eigenvalue weighted by molar-refractivity contribution is 5.27. The van der Waals surface area contributed by atoms with Gasteiger partial charge in [0.1, 0.15) is 5.82 Å². The highest BCUT2D eigenvalue weighted by Gasteiger charge is 2.10. The fourth-order valence-corrected chi connectivity index (χ4v) is 1.73. The van der Waals surface area contributed by atoms with Crippen LogP contribution < -0.4 is 5.73 Å². The zero-order valence-corrected chi connectivity index (χ0v) is 9.89. The second kappa shape index (κ2) is 4.63. The molecule has 5 heteroatoms. The van der Waals surface area contributed by atoms with Gasteiger partial charge in [0, 0.05) is 25.7 Å². The Balaban J connectivity index is 2.14. The average Bonchev–Trinajstić information content (AvgIpc) is 2.68. The summed E-state index contributed by atoms with van der Waals surface area (Å²) in [5.41, 5.74) is 8.41. The largest absolute Gasteiger partial charge is 0.324 e. The molecule has 0 saturated carbocycles. The molecule has 0 radical (unpaired) electrons. The number of halogens is 1. The van der Waals surface area contributed by atoms with Crippen LogP contribution in [0.3, 0.4) is 0 Å². The average molecular weight is 234 g/mol. The summed E-state index contributed by atoms with van der Waals surface area (Å²) in [7, 11) is 1.81. The predicted octanol–water partition coefficient (Wildman–Crippen LogP) is 1.51.